The fourth-order valence-electron chi connectivity index (χ4n) is 14.8. The molecule has 1 aromatic heterocycles. The molecule has 0 saturated heterocycles. The van der Waals surface area contributed by atoms with Gasteiger partial charge >= 0.3 is 6.18 Å². The first-order valence-electron chi connectivity index (χ1n) is 32.3. The molecule has 0 saturated carbocycles. The third-order valence-corrected chi connectivity index (χ3v) is 19.3. The van der Waals surface area contributed by atoms with Crippen molar-refractivity contribution in [3.8, 4) is 89.6 Å². The highest BCUT2D eigenvalue weighted by atomic mass is 19.4. The molecule has 15 aromatic rings. The molecular weight excluding hydrogens is 1190 g/mol. The van der Waals surface area contributed by atoms with Gasteiger partial charge in [-0.2, -0.15) is 18.4 Å². The highest BCUT2D eigenvalue weighted by Crippen LogP contribution is 2.50. The molecule has 97 heavy (non-hydrogen) atoms. The lowest BCUT2D eigenvalue weighted by Gasteiger charge is -2.44. The van der Waals surface area contributed by atoms with Crippen LogP contribution in [-0.4, -0.2) is 11.3 Å². The molecule has 14 aromatic carbocycles. The second kappa shape index (κ2) is 23.4. The van der Waals surface area contributed by atoms with Gasteiger partial charge in [-0.15, -0.1) is 0 Å². The van der Waals surface area contributed by atoms with Crippen LogP contribution in [0.2, 0.25) is 0 Å². The van der Waals surface area contributed by atoms with Gasteiger partial charge in [-0.1, -0.05) is 212 Å². The minimum Gasteiger partial charge on any atom is -0.311 e. The van der Waals surface area contributed by atoms with E-state index in [4.69, 9.17) is 6.57 Å². The Bertz CT molecular complexity index is 5440. The summed E-state index contributed by atoms with van der Waals surface area (Å²) in [5, 5.41) is 12.8. The topological polar surface area (TPSA) is 39.6 Å². The Morgan fingerprint density at radius 3 is 1.37 bits per heavy atom. The fourth-order valence-corrected chi connectivity index (χ4v) is 14.8. The van der Waals surface area contributed by atoms with Gasteiger partial charge < -0.3 is 14.4 Å². The average molecular weight is 1250 g/mol. The Hall–Kier alpha value is -12.7. The first-order valence-corrected chi connectivity index (χ1v) is 32.3. The first kappa shape index (κ1) is 58.2. The summed E-state index contributed by atoms with van der Waals surface area (Å²) in [5.74, 6) is 0. The number of alkyl halides is 3. The Kier molecular flexibility index (Phi) is 14.0. The number of rotatable bonds is 10. The predicted molar refractivity (Wildman–Crippen MR) is 394 cm³/mol. The monoisotopic (exact) mass is 1250 g/mol. The van der Waals surface area contributed by atoms with Gasteiger partial charge in [-0.25, -0.2) is 4.85 Å². The number of aryl methyl sites for hydroxylation is 1. The minimum absolute atomic E-state index is 0.121. The summed E-state index contributed by atoms with van der Waals surface area (Å²) in [4.78, 5) is 8.60. The van der Waals surface area contributed by atoms with Crippen LogP contribution in [0.4, 0.5) is 53.0 Å². The van der Waals surface area contributed by atoms with E-state index in [9.17, 15) is 18.4 Å². The maximum Gasteiger partial charge on any atom is 0.415 e. The third-order valence-electron chi connectivity index (χ3n) is 19.3. The van der Waals surface area contributed by atoms with Crippen molar-refractivity contribution in [2.75, 3.05) is 9.80 Å². The molecule has 0 unspecified atom stereocenters. The number of aromatic nitrogens is 1. The number of benzene rings is 14. The van der Waals surface area contributed by atoms with Gasteiger partial charge in [0.15, 0.2) is 5.69 Å². The summed E-state index contributed by atoms with van der Waals surface area (Å²) in [5.41, 5.74) is 25.9. The van der Waals surface area contributed by atoms with Crippen LogP contribution >= 0.6 is 0 Å². The molecule has 2 aliphatic rings. The smallest absolute Gasteiger partial charge is 0.311 e. The normalized spacial score (nSPS) is 12.2. The summed E-state index contributed by atoms with van der Waals surface area (Å²) < 4.78 is 44.5. The van der Waals surface area contributed by atoms with Gasteiger partial charge in [0.25, 0.3) is 6.71 Å². The molecule has 0 fully saturated rings. The van der Waals surface area contributed by atoms with Crippen molar-refractivity contribution in [3.63, 3.8) is 0 Å². The zero-order valence-corrected chi connectivity index (χ0v) is 52.5. The quantitative estimate of drug-likeness (QED) is 0.101. The van der Waals surface area contributed by atoms with Crippen molar-refractivity contribution in [1.82, 2.24) is 4.57 Å². The third kappa shape index (κ3) is 10.0. The summed E-state index contributed by atoms with van der Waals surface area (Å²) in [6.07, 6.45) is -4.63. The van der Waals surface area contributed by atoms with Crippen molar-refractivity contribution < 1.29 is 13.2 Å². The van der Waals surface area contributed by atoms with Crippen LogP contribution in [0.5, 0.6) is 0 Å². The lowest BCUT2D eigenvalue weighted by molar-refractivity contribution is -0.137. The number of nitrogens with zero attached hydrogens (tertiary/aromatic N) is 5. The van der Waals surface area contributed by atoms with E-state index >= 15 is 0 Å². The average Bonchev–Trinajstić information content (AvgIpc) is 1.07. The Morgan fingerprint density at radius 1 is 0.371 bits per heavy atom. The Labute approximate surface area is 560 Å². The van der Waals surface area contributed by atoms with E-state index in [1.54, 1.807) is 0 Å². The van der Waals surface area contributed by atoms with Crippen LogP contribution in [-0.2, 0) is 6.18 Å². The highest BCUT2D eigenvalue weighted by Gasteiger charge is 2.44. The largest absolute Gasteiger partial charge is 0.415 e. The van der Waals surface area contributed by atoms with E-state index in [2.05, 4.69) is 280 Å². The van der Waals surface area contributed by atoms with Gasteiger partial charge in [0.1, 0.15) is 0 Å². The van der Waals surface area contributed by atoms with Gasteiger partial charge in [0.05, 0.1) is 34.9 Å². The fraction of sp³-hybridized carbons (Fsp3) is 0.0227. The van der Waals surface area contributed by atoms with Crippen LogP contribution in [0.15, 0.2) is 315 Å². The minimum atomic E-state index is -4.63. The Balaban J connectivity index is 0.933. The number of hydrogen-bond donors (Lipinski definition) is 0. The number of halogens is 3. The standard InChI is InChI=1S/C88H55BF3N5/c1-56-35-39-72(68(43-56)55-93)75-51-62(73-40-38-69(88(90,91)92)54-79(73)94-2)37-42-81(75)97-80-32-18-15-29-74(80)76-50-61(36-41-82(76)97)67-52-85-87-86(53-67)96(71-48-65(59-25-11-5-12-26-59)45-66(49-71)60-27-13-6-14-28-60)84-34-20-17-31-78(84)89(87)77-30-16-19-33-83(77)95(85)70-46-63(57-21-7-3-8-22-57)44-64(47-70)58-23-9-4-10-24-58/h3-54H,1H3. The maximum absolute atomic E-state index is 14.1. The maximum atomic E-state index is 14.1. The lowest BCUT2D eigenvalue weighted by atomic mass is 9.33. The molecule has 5 nitrogen and oxygen atoms in total. The molecule has 0 spiro atoms. The van der Waals surface area contributed by atoms with E-state index in [1.807, 2.05) is 49.4 Å². The number of nitriles is 1. The molecule has 0 atom stereocenters. The summed E-state index contributed by atoms with van der Waals surface area (Å²) >= 11 is 0. The van der Waals surface area contributed by atoms with Gasteiger partial charge in [-0.3, -0.25) is 0 Å². The van der Waals surface area contributed by atoms with E-state index in [-0.39, 0.29) is 12.4 Å². The lowest BCUT2D eigenvalue weighted by Crippen LogP contribution is -2.61. The molecular formula is C88H55BF3N5. The molecule has 3 heterocycles. The highest BCUT2D eigenvalue weighted by molar-refractivity contribution is 7.00. The molecule has 0 aliphatic carbocycles. The van der Waals surface area contributed by atoms with Crippen LogP contribution < -0.4 is 26.2 Å². The predicted octanol–water partition coefficient (Wildman–Crippen LogP) is 22.3. The summed E-state index contributed by atoms with van der Waals surface area (Å²) in [7, 11) is 0. The van der Waals surface area contributed by atoms with Crippen LogP contribution in [0, 0.1) is 24.8 Å². The van der Waals surface area contributed by atoms with Gasteiger partial charge in [0.2, 0.25) is 0 Å². The molecule has 0 N–H and O–H groups in total. The van der Waals surface area contributed by atoms with Crippen molar-refractivity contribution in [2.45, 2.75) is 13.1 Å². The van der Waals surface area contributed by atoms with Crippen LogP contribution in [0.3, 0.4) is 0 Å². The van der Waals surface area contributed by atoms with Crippen molar-refractivity contribution in [1.29, 1.82) is 5.26 Å². The SMILES string of the molecule is [C-]#[N+]c1cc(C(F)(F)F)ccc1-c1ccc(-n2c3ccccc3c3cc(-c4cc5c6c(c4)N(c4cc(-c7ccccc7)cc(-c7ccccc7)c4)c4ccccc4B6c4ccccc4N5c4cc(-c5ccccc5)cc(-c5ccccc5)c4)ccc32)c(-c2ccc(C)cc2C#N)c1. The molecule has 0 radical (unpaired) electrons. The summed E-state index contributed by atoms with van der Waals surface area (Å²) in [6.45, 7) is 9.84. The van der Waals surface area contributed by atoms with Crippen molar-refractivity contribution in [3.05, 3.63) is 344 Å². The second-order valence-electron chi connectivity index (χ2n) is 25.0. The van der Waals surface area contributed by atoms with Gasteiger partial charge in [-0.05, 0) is 199 Å². The first-order chi connectivity index (χ1) is 47.5. The molecule has 2 aliphatic heterocycles. The number of anilines is 6. The van der Waals surface area contributed by atoms with Crippen LogP contribution in [0.25, 0.3) is 110 Å². The molecule has 9 heteroatoms. The molecule has 0 amide bonds. The number of hydrogen-bond acceptors (Lipinski definition) is 3. The molecule has 0 bridgehead atoms. The Morgan fingerprint density at radius 2 is 0.845 bits per heavy atom. The van der Waals surface area contributed by atoms with E-state index in [1.165, 1.54) is 22.5 Å². The molecule has 456 valence electrons. The van der Waals surface area contributed by atoms with Gasteiger partial charge in [0, 0.05) is 61.6 Å². The van der Waals surface area contributed by atoms with Crippen molar-refractivity contribution in [2.24, 2.45) is 0 Å². The molecule has 17 rings (SSSR count). The second-order valence-corrected chi connectivity index (χ2v) is 25.0. The number of fused-ring (bicyclic) bond motifs is 7. The zero-order valence-electron chi connectivity index (χ0n) is 52.5. The van der Waals surface area contributed by atoms with E-state index in [0.29, 0.717) is 27.8 Å². The zero-order chi connectivity index (χ0) is 65.5. The van der Waals surface area contributed by atoms with Crippen LogP contribution in [0.1, 0.15) is 16.7 Å². The summed E-state index contributed by atoms with van der Waals surface area (Å²) in [6, 6.07) is 111. The van der Waals surface area contributed by atoms with E-state index in [0.717, 1.165) is 135 Å². The number of para-hydroxylation sites is 3. The van der Waals surface area contributed by atoms with E-state index < -0.39 is 11.7 Å². The van der Waals surface area contributed by atoms with Crippen molar-refractivity contribution >= 4 is 84.7 Å².